The van der Waals surface area contributed by atoms with Crippen LogP contribution in [0.5, 0.6) is 0 Å². The van der Waals surface area contributed by atoms with Crippen LogP contribution in [0.2, 0.25) is 0 Å². The molecule has 1 aliphatic carbocycles. The number of rotatable bonds is 1. The maximum Gasteiger partial charge on any atom is 0.224 e. The Bertz CT molecular complexity index is 527. The van der Waals surface area contributed by atoms with Gasteiger partial charge in [0, 0.05) is 19.0 Å². The zero-order valence-electron chi connectivity index (χ0n) is 11.3. The monoisotopic (exact) mass is 262 g/mol. The standard InChI is InChI=1S/C15H19FN2O/c1-8-14(17)12-6-5-11(16)7-13(12)18(9(2)19)15(8)10-3-4-10/h5-8,10,14-15H,3-4,17H2,1-2H3/t8-,14-,15-/m1/s1. The van der Waals surface area contributed by atoms with E-state index >= 15 is 0 Å². The summed E-state index contributed by atoms with van der Waals surface area (Å²) in [6.45, 7) is 3.64. The predicted molar refractivity (Wildman–Crippen MR) is 72.2 cm³/mol. The summed E-state index contributed by atoms with van der Waals surface area (Å²) < 4.78 is 13.5. The van der Waals surface area contributed by atoms with Crippen LogP contribution in [-0.4, -0.2) is 11.9 Å². The molecule has 0 bridgehead atoms. The van der Waals surface area contributed by atoms with Crippen molar-refractivity contribution in [1.29, 1.82) is 0 Å². The molecule has 1 saturated carbocycles. The minimum atomic E-state index is -0.318. The molecular formula is C15H19FN2O. The molecule has 102 valence electrons. The van der Waals surface area contributed by atoms with E-state index in [2.05, 4.69) is 6.92 Å². The SMILES string of the molecule is CC(=O)N1c2cc(F)ccc2[C@H](N)[C@@H](C)[C@@H]1C1CC1. The molecule has 0 spiro atoms. The Morgan fingerprint density at radius 3 is 2.68 bits per heavy atom. The van der Waals surface area contributed by atoms with E-state index in [1.807, 2.05) is 0 Å². The summed E-state index contributed by atoms with van der Waals surface area (Å²) in [5.74, 6) is 0.375. The number of carbonyl (C=O) groups excluding carboxylic acids is 1. The van der Waals surface area contributed by atoms with Gasteiger partial charge in [0.1, 0.15) is 5.82 Å². The van der Waals surface area contributed by atoms with E-state index in [1.165, 1.54) is 12.1 Å². The number of carbonyl (C=O) groups is 1. The predicted octanol–water partition coefficient (Wildman–Crippen LogP) is 2.61. The van der Waals surface area contributed by atoms with Crippen LogP contribution < -0.4 is 10.6 Å². The van der Waals surface area contributed by atoms with E-state index in [0.717, 1.165) is 18.4 Å². The second-order valence-corrected chi connectivity index (χ2v) is 5.81. The van der Waals surface area contributed by atoms with Crippen molar-refractivity contribution in [3.8, 4) is 0 Å². The zero-order valence-corrected chi connectivity index (χ0v) is 11.3. The number of nitrogens with two attached hydrogens (primary N) is 1. The van der Waals surface area contributed by atoms with E-state index in [4.69, 9.17) is 5.73 Å². The Morgan fingerprint density at radius 1 is 1.42 bits per heavy atom. The molecular weight excluding hydrogens is 243 g/mol. The minimum Gasteiger partial charge on any atom is -0.324 e. The second kappa shape index (κ2) is 4.30. The lowest BCUT2D eigenvalue weighted by Gasteiger charge is -2.44. The highest BCUT2D eigenvalue weighted by atomic mass is 19.1. The lowest BCUT2D eigenvalue weighted by atomic mass is 9.80. The van der Waals surface area contributed by atoms with Gasteiger partial charge < -0.3 is 10.6 Å². The van der Waals surface area contributed by atoms with Gasteiger partial charge in [0.2, 0.25) is 5.91 Å². The van der Waals surface area contributed by atoms with Crippen LogP contribution in [0.3, 0.4) is 0 Å². The molecule has 1 aliphatic heterocycles. The van der Waals surface area contributed by atoms with Crippen molar-refractivity contribution in [2.24, 2.45) is 17.6 Å². The molecule has 3 nitrogen and oxygen atoms in total. The lowest BCUT2D eigenvalue weighted by Crippen LogP contribution is -2.51. The first-order valence-corrected chi connectivity index (χ1v) is 6.85. The van der Waals surface area contributed by atoms with Gasteiger partial charge in [-0.05, 0) is 42.4 Å². The van der Waals surface area contributed by atoms with Gasteiger partial charge in [-0.1, -0.05) is 13.0 Å². The molecule has 1 aromatic rings. The summed E-state index contributed by atoms with van der Waals surface area (Å²) >= 11 is 0. The van der Waals surface area contributed by atoms with Crippen LogP contribution in [0.15, 0.2) is 18.2 Å². The van der Waals surface area contributed by atoms with Gasteiger partial charge in [0.25, 0.3) is 0 Å². The molecule has 2 aliphatic rings. The first-order valence-electron chi connectivity index (χ1n) is 6.85. The van der Waals surface area contributed by atoms with Gasteiger partial charge in [-0.3, -0.25) is 4.79 Å². The fourth-order valence-corrected chi connectivity index (χ4v) is 3.36. The minimum absolute atomic E-state index is 0.0255. The first-order chi connectivity index (χ1) is 9.00. The summed E-state index contributed by atoms with van der Waals surface area (Å²) in [4.78, 5) is 13.8. The molecule has 0 aromatic heterocycles. The average Bonchev–Trinajstić information content (AvgIpc) is 3.16. The van der Waals surface area contributed by atoms with Crippen LogP contribution in [0.1, 0.15) is 38.3 Å². The van der Waals surface area contributed by atoms with Gasteiger partial charge >= 0.3 is 0 Å². The van der Waals surface area contributed by atoms with E-state index in [0.29, 0.717) is 11.6 Å². The zero-order chi connectivity index (χ0) is 13.7. The number of fused-ring (bicyclic) bond motifs is 1. The Balaban J connectivity index is 2.14. The smallest absolute Gasteiger partial charge is 0.224 e. The van der Waals surface area contributed by atoms with Crippen molar-refractivity contribution < 1.29 is 9.18 Å². The highest BCUT2D eigenvalue weighted by Gasteiger charge is 2.46. The fourth-order valence-electron chi connectivity index (χ4n) is 3.36. The number of hydrogen-bond acceptors (Lipinski definition) is 2. The normalized spacial score (nSPS) is 30.1. The number of halogens is 1. The molecule has 0 saturated heterocycles. The van der Waals surface area contributed by atoms with Crippen LogP contribution in [-0.2, 0) is 4.79 Å². The van der Waals surface area contributed by atoms with Gasteiger partial charge in [-0.2, -0.15) is 0 Å². The van der Waals surface area contributed by atoms with Crippen molar-refractivity contribution in [1.82, 2.24) is 0 Å². The molecule has 1 heterocycles. The largest absolute Gasteiger partial charge is 0.324 e. The Kier molecular flexibility index (Phi) is 2.86. The quantitative estimate of drug-likeness (QED) is 0.845. The molecule has 3 atom stereocenters. The second-order valence-electron chi connectivity index (χ2n) is 5.81. The lowest BCUT2D eigenvalue weighted by molar-refractivity contribution is -0.117. The van der Waals surface area contributed by atoms with Gasteiger partial charge in [0.15, 0.2) is 0 Å². The van der Waals surface area contributed by atoms with Crippen molar-refractivity contribution in [2.45, 2.75) is 38.8 Å². The van der Waals surface area contributed by atoms with Crippen molar-refractivity contribution in [3.63, 3.8) is 0 Å². The average molecular weight is 262 g/mol. The first kappa shape index (κ1) is 12.6. The maximum atomic E-state index is 13.5. The molecule has 1 amide bonds. The third-order valence-electron chi connectivity index (χ3n) is 4.46. The Labute approximate surface area is 112 Å². The highest BCUT2D eigenvalue weighted by molar-refractivity contribution is 5.94. The van der Waals surface area contributed by atoms with Gasteiger partial charge in [0.05, 0.1) is 5.69 Å². The molecule has 1 fully saturated rings. The molecule has 0 radical (unpaired) electrons. The number of anilines is 1. The van der Waals surface area contributed by atoms with Crippen LogP contribution in [0, 0.1) is 17.7 Å². The molecule has 1 aromatic carbocycles. The molecule has 4 heteroatoms. The van der Waals surface area contributed by atoms with Crippen LogP contribution >= 0.6 is 0 Å². The number of amides is 1. The van der Waals surface area contributed by atoms with E-state index in [9.17, 15) is 9.18 Å². The number of benzene rings is 1. The maximum absolute atomic E-state index is 13.5. The highest BCUT2D eigenvalue weighted by Crippen LogP contribution is 2.48. The van der Waals surface area contributed by atoms with E-state index < -0.39 is 0 Å². The van der Waals surface area contributed by atoms with Crippen molar-refractivity contribution in [2.75, 3.05) is 4.90 Å². The molecule has 3 rings (SSSR count). The summed E-state index contributed by atoms with van der Waals surface area (Å²) in [7, 11) is 0. The van der Waals surface area contributed by atoms with Crippen molar-refractivity contribution in [3.05, 3.63) is 29.6 Å². The van der Waals surface area contributed by atoms with E-state index in [1.54, 1.807) is 17.9 Å². The van der Waals surface area contributed by atoms with Crippen LogP contribution in [0.4, 0.5) is 10.1 Å². The summed E-state index contributed by atoms with van der Waals surface area (Å²) in [5.41, 5.74) is 7.84. The Hall–Kier alpha value is -1.42. The summed E-state index contributed by atoms with van der Waals surface area (Å²) in [6, 6.07) is 4.56. The van der Waals surface area contributed by atoms with Gasteiger partial charge in [-0.15, -0.1) is 0 Å². The Morgan fingerprint density at radius 2 is 2.11 bits per heavy atom. The fraction of sp³-hybridized carbons (Fsp3) is 0.533. The molecule has 19 heavy (non-hydrogen) atoms. The summed E-state index contributed by atoms with van der Waals surface area (Å²) in [6.07, 6.45) is 2.27. The number of hydrogen-bond donors (Lipinski definition) is 1. The third-order valence-corrected chi connectivity index (χ3v) is 4.46. The van der Waals surface area contributed by atoms with E-state index in [-0.39, 0.29) is 29.7 Å². The van der Waals surface area contributed by atoms with Crippen molar-refractivity contribution >= 4 is 11.6 Å². The third kappa shape index (κ3) is 1.94. The molecule has 2 N–H and O–H groups in total. The van der Waals surface area contributed by atoms with Crippen LogP contribution in [0.25, 0.3) is 0 Å². The summed E-state index contributed by atoms with van der Waals surface area (Å²) in [5, 5.41) is 0. The molecule has 0 unspecified atom stereocenters. The topological polar surface area (TPSA) is 46.3 Å². The number of nitrogens with zero attached hydrogens (tertiary/aromatic N) is 1. The van der Waals surface area contributed by atoms with Gasteiger partial charge in [-0.25, -0.2) is 4.39 Å².